The molecule has 2 aromatic carbocycles. The third kappa shape index (κ3) is 5.57. The molecule has 1 fully saturated rings. The highest BCUT2D eigenvalue weighted by Gasteiger charge is 2.45. The molecule has 0 radical (unpaired) electrons. The summed E-state index contributed by atoms with van der Waals surface area (Å²) in [5.41, 5.74) is 1.75. The number of methoxy groups -OCH3 is 1. The molecular weight excluding hydrogens is 406 g/mol. The summed E-state index contributed by atoms with van der Waals surface area (Å²) >= 11 is 0. The van der Waals surface area contributed by atoms with Gasteiger partial charge in [0.15, 0.2) is 5.96 Å². The van der Waals surface area contributed by atoms with Crippen molar-refractivity contribution in [3.8, 4) is 5.75 Å². The number of hydrogen-bond donors (Lipinski definition) is 4. The Bertz CT molecular complexity index is 972. The second kappa shape index (κ2) is 9.72. The van der Waals surface area contributed by atoms with Gasteiger partial charge in [0.25, 0.3) is 5.91 Å². The van der Waals surface area contributed by atoms with Gasteiger partial charge in [-0.05, 0) is 54.7 Å². The summed E-state index contributed by atoms with van der Waals surface area (Å²) in [6, 6.07) is 14.4. The van der Waals surface area contributed by atoms with E-state index in [-0.39, 0.29) is 17.9 Å². The zero-order valence-electron chi connectivity index (χ0n) is 19.0. The van der Waals surface area contributed by atoms with Gasteiger partial charge in [0.2, 0.25) is 0 Å². The minimum Gasteiger partial charge on any atom is -0.497 e. The Morgan fingerprint density at radius 2 is 1.75 bits per heavy atom. The largest absolute Gasteiger partial charge is 0.497 e. The van der Waals surface area contributed by atoms with E-state index in [1.54, 1.807) is 19.2 Å². The molecule has 1 aliphatic heterocycles. The van der Waals surface area contributed by atoms with E-state index in [0.29, 0.717) is 31.1 Å². The van der Waals surface area contributed by atoms with E-state index in [2.05, 4.69) is 29.8 Å². The molecule has 0 aromatic heterocycles. The second-order valence-electron chi connectivity index (χ2n) is 8.65. The van der Waals surface area contributed by atoms with Crippen molar-refractivity contribution in [3.63, 3.8) is 0 Å². The monoisotopic (exact) mass is 437 g/mol. The van der Waals surface area contributed by atoms with Gasteiger partial charge >= 0.3 is 6.03 Å². The number of nitrogens with zero attached hydrogens (tertiary/aromatic N) is 1. The fourth-order valence-electron chi connectivity index (χ4n) is 3.86. The van der Waals surface area contributed by atoms with Gasteiger partial charge in [0.05, 0.1) is 13.7 Å². The molecule has 4 N–H and O–H groups in total. The highest BCUT2D eigenvalue weighted by atomic mass is 16.5. The number of carbonyl (C=O) groups excluding carboxylic acids is 2. The summed E-state index contributed by atoms with van der Waals surface area (Å²) in [4.78, 5) is 26.5. The molecule has 8 heteroatoms. The lowest BCUT2D eigenvalue weighted by Gasteiger charge is -2.24. The molecule has 0 saturated carbocycles. The smallest absolute Gasteiger partial charge is 0.319 e. The highest BCUT2D eigenvalue weighted by Crippen LogP contribution is 2.26. The van der Waals surface area contributed by atoms with Crippen LogP contribution in [0.25, 0.3) is 0 Å². The molecule has 2 aromatic rings. The van der Waals surface area contributed by atoms with Crippen LogP contribution in [-0.2, 0) is 17.9 Å². The van der Waals surface area contributed by atoms with Crippen LogP contribution in [0.3, 0.4) is 0 Å². The predicted octanol–water partition coefficient (Wildman–Crippen LogP) is 3.69. The molecular formula is C24H31N5O3. The van der Waals surface area contributed by atoms with Crippen molar-refractivity contribution in [2.45, 2.75) is 45.8 Å². The first-order chi connectivity index (χ1) is 15.2. The Hall–Kier alpha value is -3.55. The number of guanidine groups is 1. The summed E-state index contributed by atoms with van der Waals surface area (Å²) in [5, 5.41) is 16.8. The van der Waals surface area contributed by atoms with Gasteiger partial charge in [-0.3, -0.25) is 15.1 Å². The summed E-state index contributed by atoms with van der Waals surface area (Å²) in [7, 11) is 1.61. The van der Waals surface area contributed by atoms with Crippen LogP contribution in [-0.4, -0.2) is 35.4 Å². The highest BCUT2D eigenvalue weighted by molar-refractivity contribution is 6.07. The molecule has 3 rings (SSSR count). The summed E-state index contributed by atoms with van der Waals surface area (Å²) in [6.45, 7) is 6.68. The van der Waals surface area contributed by atoms with Crippen molar-refractivity contribution < 1.29 is 14.3 Å². The molecule has 8 nitrogen and oxygen atoms in total. The molecule has 1 unspecified atom stereocenters. The average Bonchev–Trinajstić information content (AvgIpc) is 2.96. The Balaban J connectivity index is 1.52. The maximum absolute atomic E-state index is 12.9. The van der Waals surface area contributed by atoms with Gasteiger partial charge in [-0.15, -0.1) is 0 Å². The molecule has 0 aliphatic carbocycles. The first-order valence-corrected chi connectivity index (χ1v) is 10.7. The van der Waals surface area contributed by atoms with E-state index in [4.69, 9.17) is 10.1 Å². The lowest BCUT2D eigenvalue weighted by atomic mass is 9.91. The minimum absolute atomic E-state index is 0.0867. The average molecular weight is 438 g/mol. The van der Waals surface area contributed by atoms with Crippen molar-refractivity contribution in [1.29, 1.82) is 5.41 Å². The van der Waals surface area contributed by atoms with Crippen LogP contribution in [0.4, 0.5) is 10.5 Å². The number of benzene rings is 2. The number of amides is 3. The molecule has 1 heterocycles. The van der Waals surface area contributed by atoms with Gasteiger partial charge in [-0.25, -0.2) is 4.79 Å². The van der Waals surface area contributed by atoms with Crippen LogP contribution in [0.15, 0.2) is 48.5 Å². The van der Waals surface area contributed by atoms with E-state index in [1.807, 2.05) is 43.3 Å². The quantitative estimate of drug-likeness (QED) is 0.505. The van der Waals surface area contributed by atoms with Crippen LogP contribution in [0.1, 0.15) is 38.3 Å². The van der Waals surface area contributed by atoms with Gasteiger partial charge in [-0.1, -0.05) is 38.1 Å². The zero-order valence-corrected chi connectivity index (χ0v) is 19.0. The number of urea groups is 1. The Morgan fingerprint density at radius 3 is 2.34 bits per heavy atom. The first-order valence-electron chi connectivity index (χ1n) is 10.7. The molecule has 170 valence electrons. The predicted molar refractivity (Wildman–Crippen MR) is 125 cm³/mol. The zero-order chi connectivity index (χ0) is 23.3. The molecule has 1 aliphatic rings. The summed E-state index contributed by atoms with van der Waals surface area (Å²) in [6.07, 6.45) is 0.666. The molecule has 0 bridgehead atoms. The van der Waals surface area contributed by atoms with Gasteiger partial charge in [0.1, 0.15) is 11.3 Å². The fourth-order valence-corrected chi connectivity index (χ4v) is 3.86. The van der Waals surface area contributed by atoms with Crippen LogP contribution in [0.5, 0.6) is 5.75 Å². The van der Waals surface area contributed by atoms with E-state index >= 15 is 0 Å². The van der Waals surface area contributed by atoms with Crippen LogP contribution in [0.2, 0.25) is 0 Å². The number of anilines is 1. The Kier molecular flexibility index (Phi) is 7.02. The SMILES string of the molecule is COc1ccc(CNC(=O)Nc2ccc(CN3C(=N)NC(C)(CC(C)C)C3=O)cc2)cc1. The van der Waals surface area contributed by atoms with Crippen molar-refractivity contribution in [2.75, 3.05) is 12.4 Å². The molecule has 1 saturated heterocycles. The lowest BCUT2D eigenvalue weighted by Crippen LogP contribution is -2.44. The standard InChI is InChI=1S/C24H31N5O3/c1-16(2)13-24(3)21(30)29(22(25)28-24)15-18-5-9-19(10-6-18)27-23(31)26-14-17-7-11-20(32-4)12-8-17/h5-12,16H,13-15H2,1-4H3,(H2,25,28)(H2,26,27,31). The molecule has 1 atom stereocenters. The Morgan fingerprint density at radius 1 is 1.12 bits per heavy atom. The first kappa shape index (κ1) is 23.1. The van der Waals surface area contributed by atoms with E-state index in [1.165, 1.54) is 4.90 Å². The molecule has 3 amide bonds. The molecule has 32 heavy (non-hydrogen) atoms. The van der Waals surface area contributed by atoms with E-state index < -0.39 is 5.54 Å². The molecule has 0 spiro atoms. The third-order valence-electron chi connectivity index (χ3n) is 5.36. The maximum atomic E-state index is 12.9. The van der Waals surface area contributed by atoms with Crippen LogP contribution in [0, 0.1) is 11.3 Å². The van der Waals surface area contributed by atoms with Crippen molar-refractivity contribution in [3.05, 3.63) is 59.7 Å². The van der Waals surface area contributed by atoms with Crippen LogP contribution < -0.4 is 20.7 Å². The topological polar surface area (TPSA) is 107 Å². The van der Waals surface area contributed by atoms with Gasteiger partial charge < -0.3 is 20.7 Å². The normalized spacial score (nSPS) is 18.0. The van der Waals surface area contributed by atoms with Gasteiger partial charge in [-0.2, -0.15) is 0 Å². The van der Waals surface area contributed by atoms with Crippen LogP contribution >= 0.6 is 0 Å². The fraction of sp³-hybridized carbons (Fsp3) is 0.375. The van der Waals surface area contributed by atoms with Gasteiger partial charge in [0, 0.05) is 12.2 Å². The number of nitrogens with one attached hydrogen (secondary N) is 4. The van der Waals surface area contributed by atoms with Crippen molar-refractivity contribution >= 4 is 23.6 Å². The number of rotatable bonds is 8. The summed E-state index contributed by atoms with van der Waals surface area (Å²) in [5.74, 6) is 1.14. The van der Waals surface area contributed by atoms with E-state index in [9.17, 15) is 9.59 Å². The minimum atomic E-state index is -0.741. The third-order valence-corrected chi connectivity index (χ3v) is 5.36. The van der Waals surface area contributed by atoms with Crippen molar-refractivity contribution in [1.82, 2.24) is 15.5 Å². The maximum Gasteiger partial charge on any atom is 0.319 e. The summed E-state index contributed by atoms with van der Waals surface area (Å²) < 4.78 is 5.13. The lowest BCUT2D eigenvalue weighted by molar-refractivity contribution is -0.131. The van der Waals surface area contributed by atoms with Crippen molar-refractivity contribution in [2.24, 2.45) is 5.92 Å². The number of carbonyl (C=O) groups is 2. The Labute approximate surface area is 188 Å². The second-order valence-corrected chi connectivity index (χ2v) is 8.65. The number of hydrogen-bond acceptors (Lipinski definition) is 4. The number of ether oxygens (including phenoxy) is 1. The van der Waals surface area contributed by atoms with E-state index in [0.717, 1.165) is 16.9 Å².